The molecule has 0 aromatic heterocycles. The molecule has 0 bridgehead atoms. The third-order valence-corrected chi connectivity index (χ3v) is 5.13. The molecule has 2 aromatic rings. The van der Waals surface area contributed by atoms with Crippen LogP contribution in [0, 0.1) is 6.92 Å². The summed E-state index contributed by atoms with van der Waals surface area (Å²) in [4.78, 5) is 17.3. The Morgan fingerprint density at radius 1 is 1.24 bits per heavy atom. The Morgan fingerprint density at radius 2 is 2.08 bits per heavy atom. The highest BCUT2D eigenvalue weighted by Crippen LogP contribution is 2.35. The minimum Gasteiger partial charge on any atom is -0.454 e. The molecule has 1 saturated heterocycles. The van der Waals surface area contributed by atoms with Crippen LogP contribution in [0.3, 0.4) is 0 Å². The first-order valence-electron chi connectivity index (χ1n) is 7.54. The van der Waals surface area contributed by atoms with Crippen LogP contribution in [0.5, 0.6) is 11.5 Å². The average Bonchev–Trinajstić information content (AvgIpc) is 3.18. The van der Waals surface area contributed by atoms with Crippen LogP contribution >= 0.6 is 23.4 Å². The maximum Gasteiger partial charge on any atom is 0.264 e. The summed E-state index contributed by atoms with van der Waals surface area (Å²) < 4.78 is 10.7. The van der Waals surface area contributed by atoms with Crippen molar-refractivity contribution < 1.29 is 14.3 Å². The Balaban J connectivity index is 1.60. The highest BCUT2D eigenvalue weighted by Gasteiger charge is 2.24. The minimum absolute atomic E-state index is 0.180. The molecule has 5 nitrogen and oxygen atoms in total. The molecule has 2 aliphatic rings. The number of rotatable bonds is 2. The normalized spacial score (nSPS) is 18.9. The maximum absolute atomic E-state index is 12.2. The molecule has 1 N–H and O–H groups in total. The molecule has 0 spiro atoms. The zero-order valence-corrected chi connectivity index (χ0v) is 14.8. The lowest BCUT2D eigenvalue weighted by Crippen LogP contribution is -2.19. The summed E-state index contributed by atoms with van der Waals surface area (Å²) >= 11 is 7.41. The number of thioether (sulfide) groups is 1. The van der Waals surface area contributed by atoms with Crippen LogP contribution in [0.2, 0.25) is 5.02 Å². The van der Waals surface area contributed by atoms with Crippen LogP contribution < -0.4 is 14.8 Å². The highest BCUT2D eigenvalue weighted by molar-refractivity contribution is 8.18. The van der Waals surface area contributed by atoms with Gasteiger partial charge in [-0.25, -0.2) is 4.99 Å². The van der Waals surface area contributed by atoms with E-state index in [2.05, 4.69) is 10.3 Å². The van der Waals surface area contributed by atoms with E-state index >= 15 is 0 Å². The molecule has 2 aromatic carbocycles. The zero-order chi connectivity index (χ0) is 17.4. The van der Waals surface area contributed by atoms with Crippen molar-refractivity contribution in [3.8, 4) is 11.5 Å². The molecule has 0 aliphatic carbocycles. The van der Waals surface area contributed by atoms with Crippen molar-refractivity contribution in [3.63, 3.8) is 0 Å². The number of hydrogen-bond donors (Lipinski definition) is 1. The van der Waals surface area contributed by atoms with Crippen LogP contribution in [0.1, 0.15) is 11.1 Å². The van der Waals surface area contributed by atoms with Crippen molar-refractivity contribution in [2.75, 3.05) is 6.79 Å². The molecule has 1 fully saturated rings. The second-order valence-electron chi connectivity index (χ2n) is 5.48. The predicted octanol–water partition coefficient (Wildman–Crippen LogP) is 4.27. The number of amidine groups is 1. The van der Waals surface area contributed by atoms with Gasteiger partial charge in [0, 0.05) is 5.02 Å². The molecule has 2 heterocycles. The van der Waals surface area contributed by atoms with Crippen LogP contribution in [-0.4, -0.2) is 17.9 Å². The number of amides is 1. The van der Waals surface area contributed by atoms with Gasteiger partial charge in [-0.1, -0.05) is 23.7 Å². The molecule has 0 saturated carbocycles. The number of fused-ring (bicyclic) bond motifs is 1. The second kappa shape index (κ2) is 6.46. The number of nitrogens with one attached hydrogen (secondary N) is 1. The summed E-state index contributed by atoms with van der Waals surface area (Å²) in [6.07, 6.45) is 1.80. The van der Waals surface area contributed by atoms with E-state index in [9.17, 15) is 4.79 Å². The summed E-state index contributed by atoms with van der Waals surface area (Å²) in [5.74, 6) is 1.21. The van der Waals surface area contributed by atoms with Crippen molar-refractivity contribution >= 4 is 46.2 Å². The fraction of sp³-hybridized carbons (Fsp3) is 0.111. The molecule has 126 valence electrons. The topological polar surface area (TPSA) is 59.9 Å². The first-order chi connectivity index (χ1) is 12.1. The van der Waals surface area contributed by atoms with E-state index < -0.39 is 0 Å². The maximum atomic E-state index is 12.2. The van der Waals surface area contributed by atoms with Gasteiger partial charge in [0.25, 0.3) is 5.91 Å². The number of halogens is 1. The Bertz CT molecular complexity index is 940. The van der Waals surface area contributed by atoms with Gasteiger partial charge in [-0.05, 0) is 60.2 Å². The summed E-state index contributed by atoms with van der Waals surface area (Å²) in [6.45, 7) is 2.12. The van der Waals surface area contributed by atoms with Gasteiger partial charge in [-0.2, -0.15) is 0 Å². The van der Waals surface area contributed by atoms with E-state index in [-0.39, 0.29) is 12.7 Å². The van der Waals surface area contributed by atoms with E-state index in [1.54, 1.807) is 6.08 Å². The number of benzene rings is 2. The van der Waals surface area contributed by atoms with Crippen molar-refractivity contribution in [2.45, 2.75) is 6.92 Å². The Labute approximate surface area is 153 Å². The van der Waals surface area contributed by atoms with Gasteiger partial charge >= 0.3 is 0 Å². The Kier molecular flexibility index (Phi) is 4.15. The predicted molar refractivity (Wildman–Crippen MR) is 99.6 cm³/mol. The minimum atomic E-state index is -0.180. The number of carbonyl (C=O) groups excluding carboxylic acids is 1. The van der Waals surface area contributed by atoms with Crippen molar-refractivity contribution in [2.24, 2.45) is 4.99 Å². The molecule has 7 heteroatoms. The van der Waals surface area contributed by atoms with E-state index in [0.29, 0.717) is 26.6 Å². The van der Waals surface area contributed by atoms with Crippen molar-refractivity contribution in [3.05, 3.63) is 57.5 Å². The quantitative estimate of drug-likeness (QED) is 0.800. The molecule has 2 aliphatic heterocycles. The van der Waals surface area contributed by atoms with Crippen molar-refractivity contribution in [1.82, 2.24) is 5.32 Å². The molecule has 25 heavy (non-hydrogen) atoms. The zero-order valence-electron chi connectivity index (χ0n) is 13.2. The number of ether oxygens (including phenoxy) is 2. The highest BCUT2D eigenvalue weighted by atomic mass is 35.5. The number of nitrogens with zero attached hydrogens (tertiary/aromatic N) is 1. The summed E-state index contributed by atoms with van der Waals surface area (Å²) in [5, 5.41) is 3.95. The van der Waals surface area contributed by atoms with Crippen LogP contribution in [0.25, 0.3) is 6.08 Å². The van der Waals surface area contributed by atoms with E-state index in [1.807, 2.05) is 43.3 Å². The van der Waals surface area contributed by atoms with Gasteiger partial charge in [-0.3, -0.25) is 4.79 Å². The third kappa shape index (κ3) is 3.23. The first kappa shape index (κ1) is 16.1. The molecule has 0 atom stereocenters. The van der Waals surface area contributed by atoms with Crippen LogP contribution in [0.4, 0.5) is 5.69 Å². The van der Waals surface area contributed by atoms with E-state index in [4.69, 9.17) is 21.1 Å². The third-order valence-electron chi connectivity index (χ3n) is 3.81. The van der Waals surface area contributed by atoms with E-state index in [0.717, 1.165) is 16.8 Å². The number of carbonyl (C=O) groups is 1. The fourth-order valence-corrected chi connectivity index (χ4v) is 3.47. The van der Waals surface area contributed by atoms with Crippen LogP contribution in [0.15, 0.2) is 46.3 Å². The Hall–Kier alpha value is -2.44. The molecule has 0 unspecified atom stereocenters. The van der Waals surface area contributed by atoms with Gasteiger partial charge in [0.05, 0.1) is 10.6 Å². The molecular formula is C18H13ClN2O3S. The monoisotopic (exact) mass is 372 g/mol. The van der Waals surface area contributed by atoms with Gasteiger partial charge in [0.15, 0.2) is 16.7 Å². The standard InChI is InChI=1S/C18H13ClN2O3S/c1-10-12(19)3-2-4-13(10)20-18-21-17(22)16(25-18)8-11-5-6-14-15(7-11)24-9-23-14/h2-8H,9H2,1H3,(H,20,21,22)/b16-8+. The summed E-state index contributed by atoms with van der Waals surface area (Å²) in [5.41, 5.74) is 2.47. The lowest BCUT2D eigenvalue weighted by atomic mass is 10.2. The summed E-state index contributed by atoms with van der Waals surface area (Å²) in [6, 6.07) is 11.1. The lowest BCUT2D eigenvalue weighted by molar-refractivity contribution is -0.115. The first-order valence-corrected chi connectivity index (χ1v) is 8.74. The van der Waals surface area contributed by atoms with Crippen LogP contribution in [-0.2, 0) is 4.79 Å². The largest absolute Gasteiger partial charge is 0.454 e. The van der Waals surface area contributed by atoms with Gasteiger partial charge in [0.2, 0.25) is 6.79 Å². The second-order valence-corrected chi connectivity index (χ2v) is 6.92. The fourth-order valence-electron chi connectivity index (χ4n) is 2.46. The van der Waals surface area contributed by atoms with E-state index in [1.165, 1.54) is 11.8 Å². The molecular weight excluding hydrogens is 360 g/mol. The molecule has 0 radical (unpaired) electrons. The molecule has 4 rings (SSSR count). The SMILES string of the molecule is Cc1c(Cl)cccc1N=C1NC(=O)/C(=C\c2ccc3c(c2)OCO3)S1. The summed E-state index contributed by atoms with van der Waals surface area (Å²) in [7, 11) is 0. The van der Waals surface area contributed by atoms with Gasteiger partial charge in [-0.15, -0.1) is 0 Å². The molecule has 1 amide bonds. The lowest BCUT2D eigenvalue weighted by Gasteiger charge is -2.02. The smallest absolute Gasteiger partial charge is 0.264 e. The number of hydrogen-bond acceptors (Lipinski definition) is 5. The van der Waals surface area contributed by atoms with Gasteiger partial charge < -0.3 is 14.8 Å². The van der Waals surface area contributed by atoms with Crippen molar-refractivity contribution in [1.29, 1.82) is 0 Å². The average molecular weight is 373 g/mol. The number of aliphatic imine (C=N–C) groups is 1. The Morgan fingerprint density at radius 3 is 2.96 bits per heavy atom. The van der Waals surface area contributed by atoms with Gasteiger partial charge in [0.1, 0.15) is 0 Å².